The number of rotatable bonds is 5. The Bertz CT molecular complexity index is 438. The lowest BCUT2D eigenvalue weighted by Crippen LogP contribution is -2.35. The topological polar surface area (TPSA) is 41.6 Å². The minimum absolute atomic E-state index is 0.209. The number of benzene rings is 1. The van der Waals surface area contributed by atoms with Gasteiger partial charge >= 0.3 is 6.03 Å². The fraction of sp³-hybridized carbons (Fsp3) is 0.357. The third kappa shape index (κ3) is 3.70. The van der Waals surface area contributed by atoms with Crippen molar-refractivity contribution in [3.05, 3.63) is 24.3 Å². The highest BCUT2D eigenvalue weighted by Crippen LogP contribution is 2.23. The van der Waals surface area contributed by atoms with E-state index in [1.54, 1.807) is 24.1 Å². The second-order valence-electron chi connectivity index (χ2n) is 3.76. The summed E-state index contributed by atoms with van der Waals surface area (Å²) in [6.07, 6.45) is 6.11. The molecule has 0 aromatic heterocycles. The maximum atomic E-state index is 12.0. The van der Waals surface area contributed by atoms with Crippen LogP contribution in [0.1, 0.15) is 13.3 Å². The van der Waals surface area contributed by atoms with E-state index in [1.165, 1.54) is 0 Å². The van der Waals surface area contributed by atoms with Crippen molar-refractivity contribution in [3.8, 4) is 18.1 Å². The summed E-state index contributed by atoms with van der Waals surface area (Å²) in [5.41, 5.74) is 0.642. The summed E-state index contributed by atoms with van der Waals surface area (Å²) in [5, 5.41) is 2.80. The highest BCUT2D eigenvalue weighted by molar-refractivity contribution is 5.91. The molecular weight excluding hydrogens is 228 g/mol. The highest BCUT2D eigenvalue weighted by atomic mass is 16.5. The summed E-state index contributed by atoms with van der Waals surface area (Å²) in [7, 11) is 1.57. The molecule has 0 unspecified atom stereocenters. The first-order valence-electron chi connectivity index (χ1n) is 5.85. The van der Waals surface area contributed by atoms with Crippen molar-refractivity contribution in [1.82, 2.24) is 4.90 Å². The molecular formula is C14H18N2O2. The molecule has 0 heterocycles. The van der Waals surface area contributed by atoms with E-state index in [4.69, 9.17) is 11.2 Å². The first kappa shape index (κ1) is 13.9. The number of anilines is 1. The maximum Gasteiger partial charge on any atom is 0.322 e. The second-order valence-corrected chi connectivity index (χ2v) is 3.76. The molecule has 0 radical (unpaired) electrons. The van der Waals surface area contributed by atoms with Gasteiger partial charge in [-0.2, -0.15) is 0 Å². The van der Waals surface area contributed by atoms with Crippen molar-refractivity contribution in [2.24, 2.45) is 0 Å². The van der Waals surface area contributed by atoms with Gasteiger partial charge in [0.15, 0.2) is 0 Å². The van der Waals surface area contributed by atoms with E-state index < -0.39 is 0 Å². The fourth-order valence-corrected chi connectivity index (χ4v) is 1.57. The Hall–Kier alpha value is -2.15. The van der Waals surface area contributed by atoms with E-state index in [9.17, 15) is 4.79 Å². The summed E-state index contributed by atoms with van der Waals surface area (Å²) in [6.45, 7) is 2.93. The van der Waals surface area contributed by atoms with E-state index in [2.05, 4.69) is 11.2 Å². The minimum atomic E-state index is -0.209. The van der Waals surface area contributed by atoms with Crippen LogP contribution in [0.2, 0.25) is 0 Å². The van der Waals surface area contributed by atoms with Crippen LogP contribution in [0.5, 0.6) is 5.75 Å². The van der Waals surface area contributed by atoms with Gasteiger partial charge in [-0.3, -0.25) is 0 Å². The molecule has 0 saturated carbocycles. The van der Waals surface area contributed by atoms with Crippen LogP contribution in [0.4, 0.5) is 10.5 Å². The van der Waals surface area contributed by atoms with Gasteiger partial charge in [-0.25, -0.2) is 4.79 Å². The average Bonchev–Trinajstić information content (AvgIpc) is 2.39. The lowest BCUT2D eigenvalue weighted by atomic mass is 10.3. The largest absolute Gasteiger partial charge is 0.495 e. The first-order chi connectivity index (χ1) is 8.72. The van der Waals surface area contributed by atoms with Crippen LogP contribution in [0.3, 0.4) is 0 Å². The number of nitrogens with zero attached hydrogens (tertiary/aromatic N) is 1. The number of carbonyl (C=O) groups is 1. The first-order valence-corrected chi connectivity index (χ1v) is 5.85. The van der Waals surface area contributed by atoms with Gasteiger partial charge in [0.2, 0.25) is 0 Å². The van der Waals surface area contributed by atoms with E-state index in [1.807, 2.05) is 19.1 Å². The molecule has 0 spiro atoms. The third-order valence-electron chi connectivity index (χ3n) is 2.41. The summed E-state index contributed by atoms with van der Waals surface area (Å²) in [6, 6.07) is 7.06. The molecule has 18 heavy (non-hydrogen) atoms. The lowest BCUT2D eigenvalue weighted by molar-refractivity contribution is 0.218. The van der Waals surface area contributed by atoms with Gasteiger partial charge in [0.25, 0.3) is 0 Å². The van der Waals surface area contributed by atoms with Gasteiger partial charge in [0, 0.05) is 6.54 Å². The number of carbonyl (C=O) groups excluding carboxylic acids is 1. The van der Waals surface area contributed by atoms with Gasteiger partial charge in [-0.05, 0) is 18.6 Å². The quantitative estimate of drug-likeness (QED) is 0.811. The van der Waals surface area contributed by atoms with E-state index in [0.717, 1.165) is 6.42 Å². The molecule has 1 aromatic rings. The molecule has 1 aromatic carbocycles. The highest BCUT2D eigenvalue weighted by Gasteiger charge is 2.13. The lowest BCUT2D eigenvalue weighted by Gasteiger charge is -2.20. The van der Waals surface area contributed by atoms with Gasteiger partial charge in [0.05, 0.1) is 19.3 Å². The van der Waals surface area contributed by atoms with Crippen LogP contribution in [-0.4, -0.2) is 31.1 Å². The molecule has 0 bridgehead atoms. The maximum absolute atomic E-state index is 12.0. The van der Waals surface area contributed by atoms with Gasteiger partial charge in [0.1, 0.15) is 5.75 Å². The molecule has 0 aliphatic heterocycles. The molecule has 0 aliphatic carbocycles. The van der Waals surface area contributed by atoms with Crippen molar-refractivity contribution in [1.29, 1.82) is 0 Å². The number of hydrogen-bond acceptors (Lipinski definition) is 2. The molecule has 0 atom stereocenters. The number of amides is 2. The number of nitrogens with one attached hydrogen (secondary N) is 1. The van der Waals surface area contributed by atoms with E-state index >= 15 is 0 Å². The Kier molecular flexibility index (Phi) is 5.59. The Morgan fingerprint density at radius 1 is 1.50 bits per heavy atom. The smallest absolute Gasteiger partial charge is 0.322 e. The van der Waals surface area contributed by atoms with Crippen molar-refractivity contribution in [3.63, 3.8) is 0 Å². The van der Waals surface area contributed by atoms with Crippen LogP contribution in [0.25, 0.3) is 0 Å². The normalized spacial score (nSPS) is 9.39. The number of para-hydroxylation sites is 2. The number of terminal acetylenes is 1. The van der Waals surface area contributed by atoms with Gasteiger partial charge in [-0.15, -0.1) is 6.42 Å². The number of methoxy groups -OCH3 is 1. The molecule has 4 nitrogen and oxygen atoms in total. The summed E-state index contributed by atoms with van der Waals surface area (Å²) in [5.74, 6) is 3.11. The van der Waals surface area contributed by atoms with Crippen LogP contribution in [0.15, 0.2) is 24.3 Å². The number of urea groups is 1. The predicted octanol–water partition coefficient (Wildman–Crippen LogP) is 2.57. The average molecular weight is 246 g/mol. The zero-order valence-electron chi connectivity index (χ0n) is 10.8. The molecule has 0 fully saturated rings. The Morgan fingerprint density at radius 2 is 2.22 bits per heavy atom. The van der Waals surface area contributed by atoms with Crippen molar-refractivity contribution < 1.29 is 9.53 Å². The molecule has 1 N–H and O–H groups in total. The van der Waals surface area contributed by atoms with Crippen LogP contribution in [-0.2, 0) is 0 Å². The molecule has 0 saturated heterocycles. The monoisotopic (exact) mass is 246 g/mol. The van der Waals surface area contributed by atoms with E-state index in [-0.39, 0.29) is 6.03 Å². The van der Waals surface area contributed by atoms with E-state index in [0.29, 0.717) is 24.5 Å². The van der Waals surface area contributed by atoms with Crippen LogP contribution in [0, 0.1) is 12.3 Å². The molecule has 4 heteroatoms. The molecule has 2 amide bonds. The Morgan fingerprint density at radius 3 is 2.83 bits per heavy atom. The Labute approximate surface area is 108 Å². The summed E-state index contributed by atoms with van der Waals surface area (Å²) in [4.78, 5) is 13.6. The molecule has 1 rings (SSSR count). The van der Waals surface area contributed by atoms with Crippen molar-refractivity contribution >= 4 is 11.7 Å². The molecule has 96 valence electrons. The SMILES string of the molecule is C#CCN(CCC)C(=O)Nc1ccccc1OC. The Balaban J connectivity index is 2.76. The van der Waals surface area contributed by atoms with Crippen LogP contribution >= 0.6 is 0 Å². The molecule has 0 aliphatic rings. The third-order valence-corrected chi connectivity index (χ3v) is 2.41. The predicted molar refractivity (Wildman–Crippen MR) is 72.7 cm³/mol. The summed E-state index contributed by atoms with van der Waals surface area (Å²) < 4.78 is 5.17. The van der Waals surface area contributed by atoms with Crippen molar-refractivity contribution in [2.45, 2.75) is 13.3 Å². The van der Waals surface area contributed by atoms with Crippen molar-refractivity contribution in [2.75, 3.05) is 25.5 Å². The zero-order chi connectivity index (χ0) is 13.4. The van der Waals surface area contributed by atoms with Gasteiger partial charge in [-0.1, -0.05) is 25.0 Å². The summed E-state index contributed by atoms with van der Waals surface area (Å²) >= 11 is 0. The second kappa shape index (κ2) is 7.23. The number of ether oxygens (including phenoxy) is 1. The standard InChI is InChI=1S/C14H18N2O2/c1-4-10-16(11-5-2)14(17)15-12-8-6-7-9-13(12)18-3/h1,6-9H,5,10-11H2,2-3H3,(H,15,17). The number of hydrogen-bond donors (Lipinski definition) is 1. The minimum Gasteiger partial charge on any atom is -0.495 e. The zero-order valence-corrected chi connectivity index (χ0v) is 10.8. The van der Waals surface area contributed by atoms with Gasteiger partial charge < -0.3 is 15.0 Å². The fourth-order valence-electron chi connectivity index (χ4n) is 1.57. The van der Waals surface area contributed by atoms with Crippen LogP contribution < -0.4 is 10.1 Å².